The van der Waals surface area contributed by atoms with Crippen molar-refractivity contribution in [3.05, 3.63) is 35.4 Å². The van der Waals surface area contributed by atoms with Crippen LogP contribution in [-0.4, -0.2) is 26.0 Å². The number of hydrogen-bond acceptors (Lipinski definition) is 3. The maximum absolute atomic E-state index is 13.1. The molecule has 0 aliphatic heterocycles. The second kappa shape index (κ2) is 5.19. The minimum Gasteiger partial charge on any atom is -0.480 e. The third-order valence-electron chi connectivity index (χ3n) is 1.84. The van der Waals surface area contributed by atoms with Gasteiger partial charge in [0, 0.05) is 5.56 Å². The number of benzene rings is 1. The van der Waals surface area contributed by atoms with Crippen LogP contribution in [0.2, 0.25) is 0 Å². The van der Waals surface area contributed by atoms with E-state index in [2.05, 4.69) is 0 Å². The fraction of sp³-hybridized carbons (Fsp3) is 0.222. The topological polar surface area (TPSA) is 83.5 Å². The Balaban J connectivity index is 2.87. The van der Waals surface area contributed by atoms with Gasteiger partial charge in [0.25, 0.3) is 0 Å². The molecule has 1 aromatic rings. The Labute approximate surface area is 96.1 Å². The minimum absolute atomic E-state index is 0.620. The average Bonchev–Trinajstić information content (AvgIpc) is 2.21. The van der Waals surface area contributed by atoms with Gasteiger partial charge < -0.3 is 5.11 Å². The van der Waals surface area contributed by atoms with Crippen molar-refractivity contribution in [2.75, 3.05) is 6.54 Å². The van der Waals surface area contributed by atoms with Crippen molar-refractivity contribution < 1.29 is 27.1 Å². The van der Waals surface area contributed by atoms with Crippen LogP contribution in [0.5, 0.6) is 0 Å². The van der Waals surface area contributed by atoms with Crippen molar-refractivity contribution in [2.45, 2.75) is 5.75 Å². The second-order valence-electron chi connectivity index (χ2n) is 3.17. The van der Waals surface area contributed by atoms with Gasteiger partial charge in [0.2, 0.25) is 10.0 Å². The van der Waals surface area contributed by atoms with Crippen LogP contribution in [0.3, 0.4) is 0 Å². The van der Waals surface area contributed by atoms with Crippen LogP contribution in [0.4, 0.5) is 8.78 Å². The van der Waals surface area contributed by atoms with Gasteiger partial charge in [-0.05, 0) is 12.1 Å². The summed E-state index contributed by atoms with van der Waals surface area (Å²) in [6.45, 7) is -0.835. The largest absolute Gasteiger partial charge is 0.480 e. The molecule has 0 saturated heterocycles. The van der Waals surface area contributed by atoms with Crippen LogP contribution >= 0.6 is 0 Å². The molecule has 0 bridgehead atoms. The second-order valence-corrected chi connectivity index (χ2v) is 4.98. The monoisotopic (exact) mass is 265 g/mol. The summed E-state index contributed by atoms with van der Waals surface area (Å²) in [5.74, 6) is -4.32. The fourth-order valence-corrected chi connectivity index (χ4v) is 2.18. The van der Waals surface area contributed by atoms with Crippen LogP contribution in [0.25, 0.3) is 0 Å². The summed E-state index contributed by atoms with van der Waals surface area (Å²) in [5.41, 5.74) is -0.620. The number of carbonyl (C=O) groups is 1. The number of carboxylic acid groups (broad SMARTS) is 1. The van der Waals surface area contributed by atoms with Crippen molar-refractivity contribution in [1.29, 1.82) is 0 Å². The predicted octanol–water partition coefficient (Wildman–Crippen LogP) is 0.469. The van der Waals surface area contributed by atoms with Gasteiger partial charge in [-0.1, -0.05) is 6.07 Å². The van der Waals surface area contributed by atoms with Gasteiger partial charge in [-0.15, -0.1) is 0 Å². The quantitative estimate of drug-likeness (QED) is 0.810. The molecule has 1 rings (SSSR count). The first-order chi connectivity index (χ1) is 7.82. The van der Waals surface area contributed by atoms with E-state index in [0.29, 0.717) is 0 Å². The van der Waals surface area contributed by atoms with Crippen LogP contribution in [-0.2, 0) is 20.6 Å². The summed E-state index contributed by atoms with van der Waals surface area (Å²) in [7, 11) is -4.09. The van der Waals surface area contributed by atoms with Gasteiger partial charge >= 0.3 is 5.97 Å². The van der Waals surface area contributed by atoms with Gasteiger partial charge in [0.15, 0.2) is 0 Å². The van der Waals surface area contributed by atoms with Crippen LogP contribution < -0.4 is 4.72 Å². The van der Waals surface area contributed by atoms with Crippen LogP contribution in [0.1, 0.15) is 5.56 Å². The summed E-state index contributed by atoms with van der Waals surface area (Å²) in [5, 5.41) is 8.28. The summed E-state index contributed by atoms with van der Waals surface area (Å²) < 4.78 is 50.6. The predicted molar refractivity (Wildman–Crippen MR) is 54.6 cm³/mol. The molecule has 0 unspecified atom stereocenters. The van der Waals surface area contributed by atoms with E-state index < -0.39 is 45.5 Å². The zero-order valence-electron chi connectivity index (χ0n) is 8.48. The average molecular weight is 265 g/mol. The van der Waals surface area contributed by atoms with E-state index in [1.807, 2.05) is 0 Å². The highest BCUT2D eigenvalue weighted by atomic mass is 32.2. The van der Waals surface area contributed by atoms with Crippen molar-refractivity contribution in [3.8, 4) is 0 Å². The van der Waals surface area contributed by atoms with Gasteiger partial charge in [-0.2, -0.15) is 0 Å². The van der Waals surface area contributed by atoms with E-state index in [-0.39, 0.29) is 0 Å². The van der Waals surface area contributed by atoms with E-state index in [4.69, 9.17) is 5.11 Å². The number of nitrogens with one attached hydrogen (secondary N) is 1. The van der Waals surface area contributed by atoms with Crippen molar-refractivity contribution in [1.82, 2.24) is 4.72 Å². The van der Waals surface area contributed by atoms with Crippen molar-refractivity contribution >= 4 is 16.0 Å². The summed E-state index contributed by atoms with van der Waals surface area (Å²) in [6, 6.07) is 2.95. The lowest BCUT2D eigenvalue weighted by atomic mass is 10.2. The third kappa shape index (κ3) is 4.08. The van der Waals surface area contributed by atoms with Gasteiger partial charge in [0.1, 0.15) is 18.2 Å². The highest BCUT2D eigenvalue weighted by Gasteiger charge is 2.18. The molecule has 0 atom stereocenters. The normalized spacial score (nSPS) is 11.4. The number of carboxylic acids is 1. The molecule has 1 aromatic carbocycles. The molecule has 0 saturated carbocycles. The molecule has 0 amide bonds. The fourth-order valence-electron chi connectivity index (χ4n) is 1.08. The van der Waals surface area contributed by atoms with Crippen LogP contribution in [0, 0.1) is 11.6 Å². The highest BCUT2D eigenvalue weighted by molar-refractivity contribution is 7.88. The zero-order valence-corrected chi connectivity index (χ0v) is 9.30. The zero-order chi connectivity index (χ0) is 13.1. The number of hydrogen-bond donors (Lipinski definition) is 2. The molecule has 0 fully saturated rings. The molecule has 17 heavy (non-hydrogen) atoms. The Morgan fingerprint density at radius 1 is 1.29 bits per heavy atom. The van der Waals surface area contributed by atoms with E-state index in [0.717, 1.165) is 18.2 Å². The highest BCUT2D eigenvalue weighted by Crippen LogP contribution is 2.14. The smallest absolute Gasteiger partial charge is 0.318 e. The first-order valence-corrected chi connectivity index (χ1v) is 6.09. The van der Waals surface area contributed by atoms with Gasteiger partial charge in [0.05, 0.1) is 5.75 Å². The standard InChI is InChI=1S/C9H9F2NO4S/c10-7-2-1-3-8(11)6(7)5-17(15,16)12-4-9(13)14/h1-3,12H,4-5H2,(H,13,14). The van der Waals surface area contributed by atoms with Crippen molar-refractivity contribution in [2.24, 2.45) is 0 Å². The van der Waals surface area contributed by atoms with E-state index in [9.17, 15) is 22.0 Å². The Kier molecular flexibility index (Phi) is 4.13. The molecule has 0 aliphatic rings. The lowest BCUT2D eigenvalue weighted by Gasteiger charge is -2.06. The van der Waals surface area contributed by atoms with E-state index in [1.54, 1.807) is 4.72 Å². The van der Waals surface area contributed by atoms with E-state index >= 15 is 0 Å². The summed E-state index contributed by atoms with van der Waals surface area (Å²) in [4.78, 5) is 10.2. The molecule has 0 heterocycles. The molecule has 94 valence electrons. The van der Waals surface area contributed by atoms with Gasteiger partial charge in [-0.3, -0.25) is 4.79 Å². The Hall–Kier alpha value is -1.54. The minimum atomic E-state index is -4.09. The molecule has 0 spiro atoms. The molecule has 0 aliphatic carbocycles. The number of halogens is 2. The molecular formula is C9H9F2NO4S. The maximum atomic E-state index is 13.1. The summed E-state index contributed by atoms with van der Waals surface area (Å²) >= 11 is 0. The van der Waals surface area contributed by atoms with Crippen LogP contribution in [0.15, 0.2) is 18.2 Å². The first kappa shape index (κ1) is 13.5. The lowest BCUT2D eigenvalue weighted by Crippen LogP contribution is -2.30. The lowest BCUT2D eigenvalue weighted by molar-refractivity contribution is -0.135. The number of sulfonamides is 1. The molecule has 8 heteroatoms. The first-order valence-electron chi connectivity index (χ1n) is 4.44. The Morgan fingerprint density at radius 2 is 1.82 bits per heavy atom. The maximum Gasteiger partial charge on any atom is 0.318 e. The van der Waals surface area contributed by atoms with Gasteiger partial charge in [-0.25, -0.2) is 21.9 Å². The Bertz CT molecular complexity index is 510. The molecular weight excluding hydrogens is 256 g/mol. The number of aliphatic carboxylic acids is 1. The number of rotatable bonds is 5. The third-order valence-corrected chi connectivity index (χ3v) is 3.09. The molecule has 0 aromatic heterocycles. The summed E-state index contributed by atoms with van der Waals surface area (Å²) in [6.07, 6.45) is 0. The van der Waals surface area contributed by atoms with Crippen molar-refractivity contribution in [3.63, 3.8) is 0 Å². The van der Waals surface area contributed by atoms with E-state index in [1.165, 1.54) is 0 Å². The SMILES string of the molecule is O=C(O)CNS(=O)(=O)Cc1c(F)cccc1F. The Morgan fingerprint density at radius 3 is 2.29 bits per heavy atom. The molecule has 5 nitrogen and oxygen atoms in total. The molecule has 2 N–H and O–H groups in total. The molecule has 0 radical (unpaired) electrons.